The first-order valence-corrected chi connectivity index (χ1v) is 11.4. The van der Waals surface area contributed by atoms with Gasteiger partial charge in [0.15, 0.2) is 24.5 Å². The van der Waals surface area contributed by atoms with Crippen molar-refractivity contribution in [3.05, 3.63) is 59.7 Å². The van der Waals surface area contributed by atoms with Crippen molar-refractivity contribution in [3.63, 3.8) is 0 Å². The second-order valence-corrected chi connectivity index (χ2v) is 8.66. The van der Waals surface area contributed by atoms with Gasteiger partial charge < -0.3 is 40.5 Å². The van der Waals surface area contributed by atoms with E-state index in [0.29, 0.717) is 0 Å². The van der Waals surface area contributed by atoms with Gasteiger partial charge in [-0.05, 0) is 24.3 Å². The third-order valence-electron chi connectivity index (χ3n) is 6.24. The number of carboxylic acids is 4. The largest absolute Gasteiger partial charge is 0.482 e. The summed E-state index contributed by atoms with van der Waals surface area (Å²) in [5.74, 6) is -5.16. The molecule has 0 unspecified atom stereocenters. The molecule has 16 heteroatoms. The second-order valence-electron chi connectivity index (χ2n) is 8.66. The van der Waals surface area contributed by atoms with Crippen LogP contribution in [0.3, 0.4) is 0 Å². The highest BCUT2D eigenvalue weighted by Gasteiger charge is 2.74. The Morgan fingerprint density at radius 1 is 0.625 bits per heavy atom. The van der Waals surface area contributed by atoms with E-state index in [-0.39, 0.29) is 22.6 Å². The predicted octanol–water partition coefficient (Wildman–Crippen LogP) is -0.161. The number of fused-ring (bicyclic) bond motifs is 1. The third kappa shape index (κ3) is 4.61. The number of hydrogen-bond donors (Lipinski definition) is 6. The molecule has 4 amide bonds. The molecule has 0 atom stereocenters. The lowest BCUT2D eigenvalue weighted by Crippen LogP contribution is -2.63. The Hall–Kier alpha value is -5.54. The molecule has 0 bridgehead atoms. The average Bonchev–Trinajstić information content (AvgIpc) is 3.27. The third-order valence-corrected chi connectivity index (χ3v) is 6.24. The van der Waals surface area contributed by atoms with Gasteiger partial charge in [0.05, 0.1) is 0 Å². The van der Waals surface area contributed by atoms with Crippen molar-refractivity contribution in [2.24, 2.45) is 0 Å². The summed E-state index contributed by atoms with van der Waals surface area (Å²) in [6.45, 7) is -3.20. The van der Waals surface area contributed by atoms with Gasteiger partial charge in [0.1, 0.15) is 24.6 Å². The highest BCUT2D eigenvalue weighted by molar-refractivity contribution is 5.93. The SMILES string of the molecule is O=C(O)COc1ccc(C23NC(=O)N(CC(=O)O)C2(c2ccc(OCC(=O)O)cc2)N(CC(=O)O)C(=O)N3)cc1. The maximum atomic E-state index is 13.4. The van der Waals surface area contributed by atoms with Crippen LogP contribution in [0.1, 0.15) is 11.1 Å². The molecule has 2 aromatic carbocycles. The van der Waals surface area contributed by atoms with Gasteiger partial charge in [0.25, 0.3) is 0 Å². The first kappa shape index (κ1) is 27.5. The van der Waals surface area contributed by atoms with Crippen LogP contribution in [0.4, 0.5) is 9.59 Å². The van der Waals surface area contributed by atoms with E-state index in [4.69, 9.17) is 19.7 Å². The first-order chi connectivity index (χ1) is 18.9. The van der Waals surface area contributed by atoms with Crippen LogP contribution in [0.15, 0.2) is 48.5 Å². The van der Waals surface area contributed by atoms with Crippen LogP contribution in [-0.2, 0) is 30.5 Å². The zero-order valence-corrected chi connectivity index (χ0v) is 20.4. The number of urea groups is 2. The standard InChI is InChI=1S/C24H22N4O12/c29-17(30)9-27-21(37)25-23(13-1-5-15(6-2-13)39-11-19(33)34)24(27,28(10-18(31)32)22(38)26-23)14-3-7-16(8-4-14)40-12-20(35)36/h1-8H,9-12H2,(H,25,37)(H,26,38)(H,29,30)(H,31,32)(H,33,34)(H,35,36). The van der Waals surface area contributed by atoms with Crippen molar-refractivity contribution in [2.75, 3.05) is 26.3 Å². The smallest absolute Gasteiger partial charge is 0.341 e. The lowest BCUT2D eigenvalue weighted by molar-refractivity contribution is -0.144. The zero-order chi connectivity index (χ0) is 29.2. The van der Waals surface area contributed by atoms with Crippen LogP contribution >= 0.6 is 0 Å². The van der Waals surface area contributed by atoms with Crippen LogP contribution in [0.2, 0.25) is 0 Å². The molecule has 0 radical (unpaired) electrons. The number of carbonyl (C=O) groups excluding carboxylic acids is 2. The summed E-state index contributed by atoms with van der Waals surface area (Å²) < 4.78 is 10.3. The maximum Gasteiger partial charge on any atom is 0.341 e. The highest BCUT2D eigenvalue weighted by Crippen LogP contribution is 2.53. The number of amides is 4. The lowest BCUT2D eigenvalue weighted by atomic mass is 9.81. The molecule has 210 valence electrons. The number of benzene rings is 2. The van der Waals surface area contributed by atoms with Crippen molar-refractivity contribution in [1.29, 1.82) is 0 Å². The summed E-state index contributed by atoms with van der Waals surface area (Å²) in [5.41, 5.74) is -3.82. The summed E-state index contributed by atoms with van der Waals surface area (Å²) in [6, 6.07) is 8.95. The summed E-state index contributed by atoms with van der Waals surface area (Å²) in [4.78, 5) is 73.8. The topological polar surface area (TPSA) is 232 Å². The van der Waals surface area contributed by atoms with E-state index in [9.17, 15) is 39.0 Å². The Morgan fingerprint density at radius 2 is 1.00 bits per heavy atom. The number of carbonyl (C=O) groups is 6. The molecule has 4 rings (SSSR count). The van der Waals surface area contributed by atoms with Crippen molar-refractivity contribution in [3.8, 4) is 11.5 Å². The number of hydrogen-bond acceptors (Lipinski definition) is 8. The zero-order valence-electron chi connectivity index (χ0n) is 20.4. The molecule has 0 spiro atoms. The van der Waals surface area contributed by atoms with Gasteiger partial charge in [0.2, 0.25) is 0 Å². The maximum absolute atomic E-state index is 13.4. The average molecular weight is 558 g/mol. The van der Waals surface area contributed by atoms with Gasteiger partial charge in [0, 0.05) is 11.1 Å². The Labute approximate surface area is 224 Å². The minimum absolute atomic E-state index is 0.0839. The van der Waals surface area contributed by atoms with E-state index in [2.05, 4.69) is 10.6 Å². The van der Waals surface area contributed by atoms with E-state index in [1.807, 2.05) is 0 Å². The van der Waals surface area contributed by atoms with Crippen molar-refractivity contribution in [2.45, 2.75) is 11.3 Å². The number of rotatable bonds is 12. The Kier molecular flexibility index (Phi) is 7.09. The summed E-state index contributed by atoms with van der Waals surface area (Å²) in [6.07, 6.45) is 0. The molecule has 2 saturated heterocycles. The minimum atomic E-state index is -2.12. The number of ether oxygens (including phenoxy) is 2. The van der Waals surface area contributed by atoms with Crippen LogP contribution in [0, 0.1) is 0 Å². The lowest BCUT2D eigenvalue weighted by Gasteiger charge is -2.46. The van der Waals surface area contributed by atoms with Crippen molar-refractivity contribution < 1.29 is 58.7 Å². The van der Waals surface area contributed by atoms with Gasteiger partial charge in [-0.3, -0.25) is 19.4 Å². The second kappa shape index (κ2) is 10.3. The molecule has 2 aliphatic rings. The fourth-order valence-corrected chi connectivity index (χ4v) is 4.90. The molecule has 16 nitrogen and oxygen atoms in total. The van der Waals surface area contributed by atoms with E-state index in [0.717, 1.165) is 9.80 Å². The van der Waals surface area contributed by atoms with E-state index in [1.165, 1.54) is 48.5 Å². The molecule has 2 fully saturated rings. The Bertz CT molecular complexity index is 1340. The molecule has 2 aromatic rings. The van der Waals surface area contributed by atoms with E-state index < -0.39 is 73.6 Å². The summed E-state index contributed by atoms with van der Waals surface area (Å²) in [5, 5.41) is 42.3. The number of carboxylic acid groups (broad SMARTS) is 4. The molecular weight excluding hydrogens is 536 g/mol. The number of nitrogens with one attached hydrogen (secondary N) is 2. The molecule has 6 N–H and O–H groups in total. The van der Waals surface area contributed by atoms with Gasteiger partial charge in [-0.25, -0.2) is 19.2 Å². The number of aliphatic carboxylic acids is 4. The van der Waals surface area contributed by atoms with Crippen LogP contribution in [0.5, 0.6) is 11.5 Å². The monoisotopic (exact) mass is 558 g/mol. The number of nitrogens with zero attached hydrogens (tertiary/aromatic N) is 2. The van der Waals surface area contributed by atoms with Crippen LogP contribution < -0.4 is 20.1 Å². The van der Waals surface area contributed by atoms with Crippen LogP contribution in [0.25, 0.3) is 0 Å². The van der Waals surface area contributed by atoms with E-state index >= 15 is 0 Å². The van der Waals surface area contributed by atoms with Gasteiger partial charge in [-0.2, -0.15) is 0 Å². The van der Waals surface area contributed by atoms with Crippen molar-refractivity contribution >= 4 is 35.9 Å². The fourth-order valence-electron chi connectivity index (χ4n) is 4.90. The van der Waals surface area contributed by atoms with Crippen LogP contribution in [-0.4, -0.2) is 92.5 Å². The van der Waals surface area contributed by atoms with E-state index in [1.54, 1.807) is 0 Å². The highest BCUT2D eigenvalue weighted by atomic mass is 16.5. The van der Waals surface area contributed by atoms with Gasteiger partial charge in [-0.1, -0.05) is 24.3 Å². The van der Waals surface area contributed by atoms with Crippen molar-refractivity contribution in [1.82, 2.24) is 20.4 Å². The Morgan fingerprint density at radius 3 is 1.35 bits per heavy atom. The molecule has 0 saturated carbocycles. The molecular formula is C24H22N4O12. The first-order valence-electron chi connectivity index (χ1n) is 11.4. The summed E-state index contributed by atoms with van der Waals surface area (Å²) >= 11 is 0. The minimum Gasteiger partial charge on any atom is -0.482 e. The molecule has 0 aromatic heterocycles. The molecule has 0 aliphatic carbocycles. The van der Waals surface area contributed by atoms with Gasteiger partial charge >= 0.3 is 35.9 Å². The predicted molar refractivity (Wildman–Crippen MR) is 128 cm³/mol. The fraction of sp³-hybridized carbons (Fsp3) is 0.250. The summed E-state index contributed by atoms with van der Waals surface area (Å²) in [7, 11) is 0. The molecule has 2 aliphatic heterocycles. The normalized spacial score (nSPS) is 21.3. The molecule has 2 heterocycles. The molecule has 40 heavy (non-hydrogen) atoms. The quantitative estimate of drug-likeness (QED) is 0.199. The Balaban J connectivity index is 1.93. The van der Waals surface area contributed by atoms with Gasteiger partial charge in [-0.15, -0.1) is 0 Å².